The Morgan fingerprint density at radius 1 is 1.69 bits per heavy atom. The van der Waals surface area contributed by atoms with Crippen LogP contribution in [0.1, 0.15) is 0 Å². The molecule has 0 saturated heterocycles. The Kier molecular flexibility index (Phi) is 3.36. The third-order valence-electron chi connectivity index (χ3n) is 1.78. The second kappa shape index (κ2) is 3.97. The highest BCUT2D eigenvalue weighted by molar-refractivity contribution is 8.04. The van der Waals surface area contributed by atoms with Gasteiger partial charge in [-0.1, -0.05) is 0 Å². The number of nitrogens with one attached hydrogen (secondary N) is 1. The Balaban J connectivity index is 2.87. The van der Waals surface area contributed by atoms with Gasteiger partial charge in [-0.25, -0.2) is 13.6 Å². The zero-order valence-corrected chi connectivity index (χ0v) is 8.86. The van der Waals surface area contributed by atoms with Gasteiger partial charge in [-0.15, -0.1) is 11.8 Å². The van der Waals surface area contributed by atoms with Crippen molar-refractivity contribution in [1.82, 2.24) is 5.32 Å². The number of nitrogens with two attached hydrogens (primary N) is 2. The standard InChI is InChI=1S/C6H13N3O2S2/c1-9-2-4-3-12-6(7)5(4)13(8,10)11/h3,5-6,9H,2,7H2,1H3,(H2,8,10,11). The van der Waals surface area contributed by atoms with Gasteiger partial charge in [0, 0.05) is 6.54 Å². The van der Waals surface area contributed by atoms with Crippen molar-refractivity contribution in [2.75, 3.05) is 13.6 Å². The molecule has 1 heterocycles. The van der Waals surface area contributed by atoms with Crippen molar-refractivity contribution in [1.29, 1.82) is 0 Å². The van der Waals surface area contributed by atoms with Crippen molar-refractivity contribution in [2.45, 2.75) is 10.6 Å². The molecule has 13 heavy (non-hydrogen) atoms. The van der Waals surface area contributed by atoms with Crippen LogP contribution in [0.5, 0.6) is 0 Å². The molecular formula is C6H13N3O2S2. The molecule has 5 N–H and O–H groups in total. The minimum absolute atomic E-state index is 0.474. The topological polar surface area (TPSA) is 98.2 Å². The molecule has 0 aromatic carbocycles. The largest absolute Gasteiger partial charge is 0.318 e. The average molecular weight is 223 g/mol. The van der Waals surface area contributed by atoms with Crippen LogP contribution >= 0.6 is 11.8 Å². The number of primary sulfonamides is 1. The number of hydrogen-bond acceptors (Lipinski definition) is 5. The van der Waals surface area contributed by atoms with Crippen molar-refractivity contribution in [3.05, 3.63) is 11.0 Å². The summed E-state index contributed by atoms with van der Waals surface area (Å²) in [6.45, 7) is 0.502. The minimum Gasteiger partial charge on any atom is -0.318 e. The maximum absolute atomic E-state index is 11.1. The summed E-state index contributed by atoms with van der Waals surface area (Å²) in [5.41, 5.74) is 6.35. The van der Waals surface area contributed by atoms with Crippen molar-refractivity contribution >= 4 is 21.8 Å². The zero-order valence-electron chi connectivity index (χ0n) is 7.23. The third-order valence-corrected chi connectivity index (χ3v) is 4.28. The molecule has 0 amide bonds. The maximum Gasteiger partial charge on any atom is 0.218 e. The first-order chi connectivity index (χ1) is 5.96. The van der Waals surface area contributed by atoms with Crippen LogP contribution < -0.4 is 16.2 Å². The Hall–Kier alpha value is -0.0800. The van der Waals surface area contributed by atoms with Crippen LogP contribution in [0, 0.1) is 0 Å². The lowest BCUT2D eigenvalue weighted by atomic mass is 10.2. The van der Waals surface area contributed by atoms with E-state index in [1.807, 2.05) is 0 Å². The Morgan fingerprint density at radius 2 is 2.31 bits per heavy atom. The lowest BCUT2D eigenvalue weighted by Gasteiger charge is -2.16. The molecule has 0 fully saturated rings. The SMILES string of the molecule is CNCC1=CSC(N)C1S(N)(=O)=O. The molecule has 7 heteroatoms. The lowest BCUT2D eigenvalue weighted by molar-refractivity contribution is 0.584. The second-order valence-electron chi connectivity index (χ2n) is 2.83. The highest BCUT2D eigenvalue weighted by atomic mass is 32.2. The van der Waals surface area contributed by atoms with Crippen LogP contribution in [0.4, 0.5) is 0 Å². The molecule has 2 atom stereocenters. The van der Waals surface area contributed by atoms with Crippen LogP contribution in [-0.2, 0) is 10.0 Å². The van der Waals surface area contributed by atoms with E-state index < -0.39 is 20.6 Å². The fraction of sp³-hybridized carbons (Fsp3) is 0.667. The Labute approximate surface area is 82.0 Å². The van der Waals surface area contributed by atoms with Gasteiger partial charge in [0.25, 0.3) is 0 Å². The number of sulfonamides is 1. The van der Waals surface area contributed by atoms with Crippen LogP contribution in [0.25, 0.3) is 0 Å². The predicted octanol–water partition coefficient (Wildman–Crippen LogP) is -1.22. The number of thioether (sulfide) groups is 1. The van der Waals surface area contributed by atoms with Crippen LogP contribution in [0.3, 0.4) is 0 Å². The molecule has 0 aliphatic carbocycles. The smallest absolute Gasteiger partial charge is 0.218 e. The van der Waals surface area contributed by atoms with Crippen molar-refractivity contribution < 1.29 is 8.42 Å². The Morgan fingerprint density at radius 3 is 2.77 bits per heavy atom. The van der Waals surface area contributed by atoms with Gasteiger partial charge in [0.1, 0.15) is 5.25 Å². The Bertz CT molecular complexity index is 312. The highest BCUT2D eigenvalue weighted by Gasteiger charge is 2.35. The maximum atomic E-state index is 11.1. The van der Waals surface area contributed by atoms with Crippen LogP contribution in [0.2, 0.25) is 0 Å². The number of hydrogen-bond donors (Lipinski definition) is 3. The van der Waals surface area contributed by atoms with E-state index in [-0.39, 0.29) is 0 Å². The first-order valence-corrected chi connectivity index (χ1v) is 6.28. The van der Waals surface area contributed by atoms with E-state index in [9.17, 15) is 8.42 Å². The van der Waals surface area contributed by atoms with Gasteiger partial charge in [-0.3, -0.25) is 0 Å². The fourth-order valence-electron chi connectivity index (χ4n) is 1.26. The van der Waals surface area contributed by atoms with E-state index in [4.69, 9.17) is 10.9 Å². The summed E-state index contributed by atoms with van der Waals surface area (Å²) in [6, 6.07) is 0. The summed E-state index contributed by atoms with van der Waals surface area (Å²) in [6.07, 6.45) is 0. The van der Waals surface area contributed by atoms with Crippen molar-refractivity contribution in [3.63, 3.8) is 0 Å². The van der Waals surface area contributed by atoms with Crippen molar-refractivity contribution in [3.8, 4) is 0 Å². The molecular weight excluding hydrogens is 210 g/mol. The first kappa shape index (κ1) is 11.0. The molecule has 0 spiro atoms. The summed E-state index contributed by atoms with van der Waals surface area (Å²) in [4.78, 5) is 0. The summed E-state index contributed by atoms with van der Waals surface area (Å²) in [5, 5.41) is 8.48. The quantitative estimate of drug-likeness (QED) is 0.557. The third kappa shape index (κ3) is 2.44. The van der Waals surface area contributed by atoms with Gasteiger partial charge in [0.15, 0.2) is 0 Å². The summed E-state index contributed by atoms with van der Waals surface area (Å²) in [7, 11) is -1.83. The molecule has 2 unspecified atom stereocenters. The van der Waals surface area contributed by atoms with Crippen LogP contribution in [-0.4, -0.2) is 32.6 Å². The minimum atomic E-state index is -3.58. The van der Waals surface area contributed by atoms with E-state index >= 15 is 0 Å². The van der Waals surface area contributed by atoms with Gasteiger partial charge < -0.3 is 11.1 Å². The van der Waals surface area contributed by atoms with E-state index in [1.54, 1.807) is 12.5 Å². The summed E-state index contributed by atoms with van der Waals surface area (Å²) in [5.74, 6) is 0. The summed E-state index contributed by atoms with van der Waals surface area (Å²) < 4.78 is 22.3. The molecule has 0 saturated carbocycles. The molecule has 5 nitrogen and oxygen atoms in total. The van der Waals surface area contributed by atoms with Gasteiger partial charge in [0.2, 0.25) is 10.0 Å². The second-order valence-corrected chi connectivity index (χ2v) is 5.57. The fourth-order valence-corrected chi connectivity index (χ4v) is 3.83. The zero-order chi connectivity index (χ0) is 10.1. The van der Waals surface area contributed by atoms with Gasteiger partial charge in [-0.2, -0.15) is 0 Å². The molecule has 0 aromatic heterocycles. The monoisotopic (exact) mass is 223 g/mol. The lowest BCUT2D eigenvalue weighted by Crippen LogP contribution is -2.42. The molecule has 0 radical (unpaired) electrons. The molecule has 0 aromatic rings. The molecule has 1 aliphatic rings. The number of rotatable bonds is 3. The average Bonchev–Trinajstić information content (AvgIpc) is 2.31. The van der Waals surface area contributed by atoms with Crippen LogP contribution in [0.15, 0.2) is 11.0 Å². The van der Waals surface area contributed by atoms with Gasteiger partial charge >= 0.3 is 0 Å². The molecule has 1 aliphatic heterocycles. The molecule has 0 bridgehead atoms. The van der Waals surface area contributed by atoms with E-state index in [1.165, 1.54) is 11.8 Å². The first-order valence-electron chi connectivity index (χ1n) is 3.73. The highest BCUT2D eigenvalue weighted by Crippen LogP contribution is 2.30. The molecule has 76 valence electrons. The summed E-state index contributed by atoms with van der Waals surface area (Å²) >= 11 is 1.30. The van der Waals surface area contributed by atoms with Crippen molar-refractivity contribution in [2.24, 2.45) is 10.9 Å². The van der Waals surface area contributed by atoms with E-state index in [0.29, 0.717) is 6.54 Å². The van der Waals surface area contributed by atoms with E-state index in [2.05, 4.69) is 5.32 Å². The predicted molar refractivity (Wildman–Crippen MR) is 54.5 cm³/mol. The van der Waals surface area contributed by atoms with Gasteiger partial charge in [-0.05, 0) is 18.0 Å². The van der Waals surface area contributed by atoms with E-state index in [0.717, 1.165) is 5.57 Å². The van der Waals surface area contributed by atoms with Gasteiger partial charge in [0.05, 0.1) is 5.37 Å². The number of likely N-dealkylation sites (N-methyl/N-ethyl adjacent to an activating group) is 1. The molecule has 1 rings (SSSR count). The normalized spacial score (nSPS) is 29.0.